The van der Waals surface area contributed by atoms with Crippen LogP contribution in [0.3, 0.4) is 0 Å². The standard InChI is InChI=1S/C10H12N4OS/c11-9-12-7(14-10(5-15)2-3-10)6-1-4-16-8(6)13-9/h1,4,15H,2-3,5H2,(H3,11,12,13,14). The number of nitrogens with one attached hydrogen (secondary N) is 1. The molecule has 2 heterocycles. The van der Waals surface area contributed by atoms with Gasteiger partial charge in [-0.3, -0.25) is 0 Å². The fourth-order valence-corrected chi connectivity index (χ4v) is 2.46. The Labute approximate surface area is 96.3 Å². The molecule has 0 atom stereocenters. The quantitative estimate of drug-likeness (QED) is 0.746. The van der Waals surface area contributed by atoms with Crippen LogP contribution < -0.4 is 11.1 Å². The second kappa shape index (κ2) is 3.29. The van der Waals surface area contributed by atoms with E-state index in [1.807, 2.05) is 11.4 Å². The normalized spacial score (nSPS) is 17.6. The lowest BCUT2D eigenvalue weighted by Gasteiger charge is -2.15. The number of hydrogen-bond acceptors (Lipinski definition) is 6. The average Bonchev–Trinajstić information content (AvgIpc) is 2.87. The Bertz CT molecular complexity index is 535. The zero-order valence-electron chi connectivity index (χ0n) is 8.60. The number of aliphatic hydroxyl groups is 1. The Balaban J connectivity index is 2.05. The molecule has 0 aromatic carbocycles. The van der Waals surface area contributed by atoms with Gasteiger partial charge in [0.2, 0.25) is 5.95 Å². The molecule has 0 aliphatic heterocycles. The van der Waals surface area contributed by atoms with Crippen LogP contribution in [0.25, 0.3) is 10.2 Å². The summed E-state index contributed by atoms with van der Waals surface area (Å²) in [7, 11) is 0. The lowest BCUT2D eigenvalue weighted by Crippen LogP contribution is -2.26. The molecule has 0 unspecified atom stereocenters. The molecule has 4 N–H and O–H groups in total. The molecule has 5 nitrogen and oxygen atoms in total. The maximum atomic E-state index is 9.28. The summed E-state index contributed by atoms with van der Waals surface area (Å²) in [5, 5.41) is 15.5. The van der Waals surface area contributed by atoms with Gasteiger partial charge in [0, 0.05) is 0 Å². The fourth-order valence-electron chi connectivity index (χ4n) is 1.69. The van der Waals surface area contributed by atoms with Gasteiger partial charge in [-0.05, 0) is 24.3 Å². The van der Waals surface area contributed by atoms with Crippen molar-refractivity contribution in [3.8, 4) is 0 Å². The predicted octanol–water partition coefficient (Wildman–Crippen LogP) is 1.21. The van der Waals surface area contributed by atoms with E-state index in [1.165, 1.54) is 11.3 Å². The first-order chi connectivity index (χ1) is 7.72. The van der Waals surface area contributed by atoms with Crippen molar-refractivity contribution in [3.63, 3.8) is 0 Å². The lowest BCUT2D eigenvalue weighted by molar-refractivity contribution is 0.266. The van der Waals surface area contributed by atoms with Crippen LogP contribution in [-0.4, -0.2) is 27.2 Å². The van der Waals surface area contributed by atoms with Crippen molar-refractivity contribution in [2.45, 2.75) is 18.4 Å². The minimum atomic E-state index is -0.185. The molecule has 16 heavy (non-hydrogen) atoms. The van der Waals surface area contributed by atoms with Gasteiger partial charge in [-0.2, -0.15) is 4.98 Å². The van der Waals surface area contributed by atoms with Crippen LogP contribution in [0.1, 0.15) is 12.8 Å². The molecule has 84 valence electrons. The summed E-state index contributed by atoms with van der Waals surface area (Å²) >= 11 is 1.54. The van der Waals surface area contributed by atoms with E-state index in [0.717, 1.165) is 28.9 Å². The van der Waals surface area contributed by atoms with Crippen molar-refractivity contribution in [3.05, 3.63) is 11.4 Å². The number of nitrogen functional groups attached to an aromatic ring is 1. The Morgan fingerprint density at radius 1 is 1.50 bits per heavy atom. The van der Waals surface area contributed by atoms with E-state index in [1.54, 1.807) is 0 Å². The number of thiophene rings is 1. The number of hydrogen-bond donors (Lipinski definition) is 3. The predicted molar refractivity (Wildman–Crippen MR) is 64.5 cm³/mol. The molecule has 0 bridgehead atoms. The molecule has 1 saturated carbocycles. The minimum Gasteiger partial charge on any atom is -0.394 e. The van der Waals surface area contributed by atoms with E-state index in [9.17, 15) is 5.11 Å². The maximum Gasteiger partial charge on any atom is 0.223 e. The highest BCUT2D eigenvalue weighted by molar-refractivity contribution is 7.16. The van der Waals surface area contributed by atoms with Gasteiger partial charge in [0.15, 0.2) is 0 Å². The largest absolute Gasteiger partial charge is 0.394 e. The molecule has 2 aromatic rings. The first-order valence-corrected chi connectivity index (χ1v) is 6.00. The summed E-state index contributed by atoms with van der Waals surface area (Å²) in [6, 6.07) is 1.97. The summed E-state index contributed by atoms with van der Waals surface area (Å²) < 4.78 is 0. The highest BCUT2D eigenvalue weighted by Gasteiger charge is 2.42. The van der Waals surface area contributed by atoms with Crippen molar-refractivity contribution in [2.24, 2.45) is 0 Å². The van der Waals surface area contributed by atoms with Gasteiger partial charge in [-0.15, -0.1) is 11.3 Å². The van der Waals surface area contributed by atoms with Crippen molar-refractivity contribution >= 4 is 33.3 Å². The van der Waals surface area contributed by atoms with Crippen LogP contribution in [0.2, 0.25) is 0 Å². The van der Waals surface area contributed by atoms with Crippen molar-refractivity contribution < 1.29 is 5.11 Å². The van der Waals surface area contributed by atoms with Crippen LogP contribution in [-0.2, 0) is 0 Å². The lowest BCUT2D eigenvalue weighted by atomic mass is 10.2. The van der Waals surface area contributed by atoms with E-state index in [-0.39, 0.29) is 18.1 Å². The summed E-state index contributed by atoms with van der Waals surface area (Å²) in [6.45, 7) is 0.128. The molecule has 0 radical (unpaired) electrons. The van der Waals surface area contributed by atoms with Gasteiger partial charge >= 0.3 is 0 Å². The molecule has 0 amide bonds. The van der Waals surface area contributed by atoms with E-state index >= 15 is 0 Å². The topological polar surface area (TPSA) is 84.1 Å². The molecule has 1 fully saturated rings. The third-order valence-corrected chi connectivity index (χ3v) is 3.69. The number of nitrogens with zero attached hydrogens (tertiary/aromatic N) is 2. The molecule has 2 aromatic heterocycles. The number of fused-ring (bicyclic) bond motifs is 1. The third kappa shape index (κ3) is 1.50. The summed E-state index contributed by atoms with van der Waals surface area (Å²) in [5.74, 6) is 1.00. The van der Waals surface area contributed by atoms with Crippen molar-refractivity contribution in [1.29, 1.82) is 0 Å². The van der Waals surface area contributed by atoms with Gasteiger partial charge in [-0.25, -0.2) is 4.98 Å². The van der Waals surface area contributed by atoms with E-state index in [4.69, 9.17) is 5.73 Å². The van der Waals surface area contributed by atoms with Crippen molar-refractivity contribution in [1.82, 2.24) is 9.97 Å². The number of aliphatic hydroxyl groups excluding tert-OH is 1. The van der Waals surface area contributed by atoms with E-state index < -0.39 is 0 Å². The van der Waals surface area contributed by atoms with Crippen LogP contribution in [0.5, 0.6) is 0 Å². The van der Waals surface area contributed by atoms with Gasteiger partial charge in [0.1, 0.15) is 10.6 Å². The Morgan fingerprint density at radius 2 is 2.31 bits per heavy atom. The molecule has 1 aliphatic rings. The molecule has 0 spiro atoms. The van der Waals surface area contributed by atoms with Crippen LogP contribution >= 0.6 is 11.3 Å². The SMILES string of the molecule is Nc1nc(NC2(CO)CC2)c2ccsc2n1. The summed E-state index contributed by atoms with van der Waals surface area (Å²) in [5.41, 5.74) is 5.46. The molecule has 6 heteroatoms. The van der Waals surface area contributed by atoms with Crippen LogP contribution in [0.15, 0.2) is 11.4 Å². The zero-order valence-corrected chi connectivity index (χ0v) is 9.42. The number of anilines is 2. The molecular formula is C10H12N4OS. The molecule has 3 rings (SSSR count). The number of rotatable bonds is 3. The number of nitrogens with two attached hydrogens (primary N) is 1. The molecular weight excluding hydrogens is 224 g/mol. The monoisotopic (exact) mass is 236 g/mol. The highest BCUT2D eigenvalue weighted by atomic mass is 32.1. The first kappa shape index (κ1) is 9.80. The average molecular weight is 236 g/mol. The van der Waals surface area contributed by atoms with Gasteiger partial charge in [-0.1, -0.05) is 0 Å². The molecule has 1 aliphatic carbocycles. The third-order valence-electron chi connectivity index (χ3n) is 2.88. The second-order valence-electron chi connectivity index (χ2n) is 4.13. The van der Waals surface area contributed by atoms with E-state index in [2.05, 4.69) is 15.3 Å². The zero-order chi connectivity index (χ0) is 11.2. The Morgan fingerprint density at radius 3 is 3.00 bits per heavy atom. The summed E-state index contributed by atoms with van der Waals surface area (Å²) in [6.07, 6.45) is 1.94. The van der Waals surface area contributed by atoms with E-state index in [0.29, 0.717) is 0 Å². The second-order valence-corrected chi connectivity index (χ2v) is 5.03. The van der Waals surface area contributed by atoms with Gasteiger partial charge in [0.25, 0.3) is 0 Å². The molecule has 0 saturated heterocycles. The highest BCUT2D eigenvalue weighted by Crippen LogP contribution is 2.39. The van der Waals surface area contributed by atoms with Crippen molar-refractivity contribution in [2.75, 3.05) is 17.7 Å². The van der Waals surface area contributed by atoms with Gasteiger partial charge < -0.3 is 16.2 Å². The Kier molecular flexibility index (Phi) is 2.02. The fraction of sp³-hybridized carbons (Fsp3) is 0.400. The number of aromatic nitrogens is 2. The van der Waals surface area contributed by atoms with Crippen LogP contribution in [0.4, 0.5) is 11.8 Å². The van der Waals surface area contributed by atoms with Gasteiger partial charge in [0.05, 0.1) is 17.5 Å². The maximum absolute atomic E-state index is 9.28. The first-order valence-electron chi connectivity index (χ1n) is 5.12. The minimum absolute atomic E-state index is 0.128. The summed E-state index contributed by atoms with van der Waals surface area (Å²) in [4.78, 5) is 9.23. The van der Waals surface area contributed by atoms with Crippen LogP contribution in [0, 0.1) is 0 Å². The Hall–Kier alpha value is -1.40. The smallest absolute Gasteiger partial charge is 0.223 e.